The van der Waals surface area contributed by atoms with Gasteiger partial charge in [0.05, 0.1) is 24.1 Å². The molecular weight excluding hydrogens is 452 g/mol. The molecule has 5 fully saturated rings. The van der Waals surface area contributed by atoms with Gasteiger partial charge in [-0.25, -0.2) is 9.59 Å². The van der Waals surface area contributed by atoms with Crippen molar-refractivity contribution in [2.75, 3.05) is 40.8 Å². The zero-order valence-electron chi connectivity index (χ0n) is 20.4. The Labute approximate surface area is 205 Å². The Morgan fingerprint density at radius 2 is 1.54 bits per heavy atom. The molecule has 0 spiro atoms. The first kappa shape index (κ1) is 24.1. The average Bonchev–Trinajstić information content (AvgIpc) is 3.25. The Bertz CT molecular complexity index is 933. The molecule has 2 amide bonds. The van der Waals surface area contributed by atoms with Gasteiger partial charge < -0.3 is 18.9 Å². The number of hydrogen-bond acceptors (Lipinski definition) is 7. The molecule has 2 atom stereocenters. The first-order valence-corrected chi connectivity index (χ1v) is 12.4. The van der Waals surface area contributed by atoms with Gasteiger partial charge in [0.25, 0.3) is 0 Å². The second kappa shape index (κ2) is 9.78. The summed E-state index contributed by atoms with van der Waals surface area (Å²) in [7, 11) is 3.01. The molecule has 1 aromatic rings. The number of nitrogens with zero attached hydrogens (tertiary/aromatic N) is 2. The van der Waals surface area contributed by atoms with Gasteiger partial charge in [0.2, 0.25) is 0 Å². The summed E-state index contributed by atoms with van der Waals surface area (Å²) in [5, 5.41) is 0. The first-order chi connectivity index (χ1) is 16.9. The molecule has 6 rings (SSSR count). The van der Waals surface area contributed by atoms with Crippen LogP contribution in [0.2, 0.25) is 0 Å². The molecule has 1 heterocycles. The standard InChI is InChI=1S/C26H34N2O7/c1-32-15-27-12-22(13-28(16-33-2)25(27)31)35-23(29)20-5-3-17(4-6-20)14-34-24(30)26-10-18-7-19(11-26)9-21(26)8-18/h3-6,18-19,21-22H,7-16H2,1-2H3. The van der Waals surface area contributed by atoms with Crippen molar-refractivity contribution in [2.24, 2.45) is 23.2 Å². The third-order valence-electron chi connectivity index (χ3n) is 8.19. The van der Waals surface area contributed by atoms with E-state index in [4.69, 9.17) is 18.9 Å². The monoisotopic (exact) mass is 486 g/mol. The molecule has 4 saturated carbocycles. The fraction of sp³-hybridized carbons (Fsp3) is 0.654. The van der Waals surface area contributed by atoms with Crippen molar-refractivity contribution in [3.05, 3.63) is 35.4 Å². The van der Waals surface area contributed by atoms with Gasteiger partial charge in [0, 0.05) is 14.2 Å². The number of carbonyl (C=O) groups excluding carboxylic acids is 3. The number of urea groups is 1. The van der Waals surface area contributed by atoms with Gasteiger partial charge in [0.15, 0.2) is 0 Å². The molecule has 2 unspecified atom stereocenters. The van der Waals surface area contributed by atoms with E-state index in [0.29, 0.717) is 23.3 Å². The Hall–Kier alpha value is -2.65. The van der Waals surface area contributed by atoms with E-state index in [1.807, 2.05) is 0 Å². The van der Waals surface area contributed by atoms with Crippen LogP contribution < -0.4 is 0 Å². The molecule has 0 radical (unpaired) electrons. The van der Waals surface area contributed by atoms with E-state index in [-0.39, 0.29) is 50.6 Å². The van der Waals surface area contributed by atoms with E-state index >= 15 is 0 Å². The van der Waals surface area contributed by atoms with Gasteiger partial charge in [-0.3, -0.25) is 14.6 Å². The molecular formula is C26H34N2O7. The number of benzene rings is 1. The smallest absolute Gasteiger partial charge is 0.338 e. The van der Waals surface area contributed by atoms with Gasteiger partial charge in [-0.15, -0.1) is 0 Å². The first-order valence-electron chi connectivity index (χ1n) is 12.4. The van der Waals surface area contributed by atoms with Crippen LogP contribution >= 0.6 is 0 Å². The number of rotatable bonds is 9. The molecule has 1 aliphatic heterocycles. The average molecular weight is 487 g/mol. The number of amides is 2. The molecule has 0 aromatic heterocycles. The summed E-state index contributed by atoms with van der Waals surface area (Å²) in [4.78, 5) is 41.1. The minimum Gasteiger partial charge on any atom is -0.460 e. The summed E-state index contributed by atoms with van der Waals surface area (Å²) in [5.41, 5.74) is 0.996. The number of ether oxygens (including phenoxy) is 4. The lowest BCUT2D eigenvalue weighted by Crippen LogP contribution is -2.57. The van der Waals surface area contributed by atoms with Gasteiger partial charge in [-0.05, 0) is 67.6 Å². The third kappa shape index (κ3) is 4.63. The number of esters is 2. The van der Waals surface area contributed by atoms with E-state index in [2.05, 4.69) is 0 Å². The second-order valence-corrected chi connectivity index (χ2v) is 10.6. The topological polar surface area (TPSA) is 94.6 Å². The SMILES string of the molecule is COCN1CC(OC(=O)c2ccc(COC(=O)C34CC5CC(CC3C5)C4)cc2)CN(COC)C1=O. The lowest BCUT2D eigenvalue weighted by Gasteiger charge is -2.38. The van der Waals surface area contributed by atoms with Crippen molar-refractivity contribution >= 4 is 18.0 Å². The summed E-state index contributed by atoms with van der Waals surface area (Å²) >= 11 is 0. The van der Waals surface area contributed by atoms with Crippen LogP contribution in [0.4, 0.5) is 4.79 Å². The third-order valence-corrected chi connectivity index (χ3v) is 8.19. The fourth-order valence-electron chi connectivity index (χ4n) is 6.89. The number of hydrogen-bond donors (Lipinski definition) is 0. The maximum atomic E-state index is 13.0. The van der Waals surface area contributed by atoms with Gasteiger partial charge in [0.1, 0.15) is 26.2 Å². The highest BCUT2D eigenvalue weighted by molar-refractivity contribution is 5.89. The molecule has 35 heavy (non-hydrogen) atoms. The minimum absolute atomic E-state index is 0.0382. The zero-order chi connectivity index (χ0) is 24.6. The van der Waals surface area contributed by atoms with Crippen LogP contribution in [-0.2, 0) is 30.3 Å². The zero-order valence-corrected chi connectivity index (χ0v) is 20.4. The predicted molar refractivity (Wildman–Crippen MR) is 124 cm³/mol. The van der Waals surface area contributed by atoms with Crippen LogP contribution in [0.15, 0.2) is 24.3 Å². The van der Waals surface area contributed by atoms with Crippen LogP contribution in [0.25, 0.3) is 0 Å². The Morgan fingerprint density at radius 3 is 2.11 bits per heavy atom. The van der Waals surface area contributed by atoms with Crippen molar-refractivity contribution in [2.45, 2.75) is 44.8 Å². The molecule has 190 valence electrons. The molecule has 1 aromatic carbocycles. The highest BCUT2D eigenvalue weighted by Crippen LogP contribution is 2.65. The quantitative estimate of drug-likeness (QED) is 0.495. The van der Waals surface area contributed by atoms with Crippen molar-refractivity contribution in [1.82, 2.24) is 9.80 Å². The molecule has 9 heteroatoms. The van der Waals surface area contributed by atoms with E-state index in [1.165, 1.54) is 43.3 Å². The number of methoxy groups -OCH3 is 2. The van der Waals surface area contributed by atoms with Gasteiger partial charge in [-0.2, -0.15) is 0 Å². The van der Waals surface area contributed by atoms with E-state index in [9.17, 15) is 14.4 Å². The van der Waals surface area contributed by atoms with Crippen LogP contribution in [0.3, 0.4) is 0 Å². The van der Waals surface area contributed by atoms with Crippen molar-refractivity contribution in [3.63, 3.8) is 0 Å². The highest BCUT2D eigenvalue weighted by Gasteiger charge is 2.62. The van der Waals surface area contributed by atoms with Crippen LogP contribution in [0.5, 0.6) is 0 Å². The summed E-state index contributed by atoms with van der Waals surface area (Å²) < 4.78 is 21.6. The van der Waals surface area contributed by atoms with Crippen LogP contribution in [0, 0.1) is 23.2 Å². The molecule has 0 N–H and O–H groups in total. The maximum absolute atomic E-state index is 13.0. The van der Waals surface area contributed by atoms with Crippen LogP contribution in [-0.4, -0.2) is 74.6 Å². The summed E-state index contributed by atoms with van der Waals surface area (Å²) in [6.07, 6.45) is 5.13. The summed E-state index contributed by atoms with van der Waals surface area (Å²) in [6, 6.07) is 6.72. The number of carbonyl (C=O) groups is 3. The Kier molecular flexibility index (Phi) is 6.72. The van der Waals surface area contributed by atoms with Gasteiger partial charge in [-0.1, -0.05) is 12.1 Å². The van der Waals surface area contributed by atoms with Crippen molar-refractivity contribution in [1.29, 1.82) is 0 Å². The molecule has 4 aliphatic carbocycles. The molecule has 4 bridgehead atoms. The largest absolute Gasteiger partial charge is 0.460 e. The van der Waals surface area contributed by atoms with E-state index in [0.717, 1.165) is 18.4 Å². The molecule has 9 nitrogen and oxygen atoms in total. The highest BCUT2D eigenvalue weighted by atomic mass is 16.5. The minimum atomic E-state index is -0.512. The van der Waals surface area contributed by atoms with Crippen molar-refractivity contribution in [3.8, 4) is 0 Å². The van der Waals surface area contributed by atoms with Crippen LogP contribution in [0.1, 0.15) is 48.0 Å². The Morgan fingerprint density at radius 1 is 0.943 bits per heavy atom. The Balaban J connectivity index is 1.15. The molecule has 5 aliphatic rings. The second-order valence-electron chi connectivity index (χ2n) is 10.6. The normalized spacial score (nSPS) is 29.7. The lowest BCUT2D eigenvalue weighted by atomic mass is 9.75. The fourth-order valence-corrected chi connectivity index (χ4v) is 6.89. The van der Waals surface area contributed by atoms with Gasteiger partial charge >= 0.3 is 18.0 Å². The maximum Gasteiger partial charge on any atom is 0.338 e. The lowest BCUT2D eigenvalue weighted by molar-refractivity contribution is -0.159. The van der Waals surface area contributed by atoms with Crippen molar-refractivity contribution < 1.29 is 33.3 Å². The summed E-state index contributed by atoms with van der Waals surface area (Å²) in [6.45, 7) is 0.905. The summed E-state index contributed by atoms with van der Waals surface area (Å²) in [5.74, 6) is 1.40. The van der Waals surface area contributed by atoms with E-state index < -0.39 is 12.1 Å². The van der Waals surface area contributed by atoms with E-state index in [1.54, 1.807) is 24.3 Å². The molecule has 1 saturated heterocycles. The predicted octanol–water partition coefficient (Wildman–Crippen LogP) is 3.03.